The van der Waals surface area contributed by atoms with Gasteiger partial charge in [-0.3, -0.25) is 9.10 Å². The summed E-state index contributed by atoms with van der Waals surface area (Å²) in [6.07, 6.45) is 1.06. The lowest BCUT2D eigenvalue weighted by molar-refractivity contribution is -0.114. The molecule has 0 aliphatic rings. The molecular weight excluding hydrogens is 464 g/mol. The first-order valence-electron chi connectivity index (χ1n) is 10.9. The van der Waals surface area contributed by atoms with E-state index in [2.05, 4.69) is 5.32 Å². The normalized spacial score (nSPS) is 11.5. The Labute approximate surface area is 202 Å². The van der Waals surface area contributed by atoms with E-state index in [4.69, 9.17) is 9.15 Å². The molecule has 1 amide bonds. The van der Waals surface area contributed by atoms with Crippen LogP contribution in [0.5, 0.6) is 11.5 Å². The van der Waals surface area contributed by atoms with Crippen molar-refractivity contribution >= 4 is 49.2 Å². The molecule has 8 heteroatoms. The predicted molar refractivity (Wildman–Crippen MR) is 137 cm³/mol. The number of anilines is 2. The van der Waals surface area contributed by atoms with Crippen LogP contribution in [-0.4, -0.2) is 27.1 Å². The number of amides is 1. The van der Waals surface area contributed by atoms with E-state index in [1.54, 1.807) is 36.4 Å². The van der Waals surface area contributed by atoms with Gasteiger partial charge in [0.1, 0.15) is 29.2 Å². The zero-order valence-corrected chi connectivity index (χ0v) is 19.7. The fraction of sp³-hybridized carbons (Fsp3) is 0.0741. The quantitative estimate of drug-likeness (QED) is 0.315. The molecule has 0 unspecified atom stereocenters. The zero-order valence-electron chi connectivity index (χ0n) is 18.8. The lowest BCUT2D eigenvalue weighted by Crippen LogP contribution is -2.37. The van der Waals surface area contributed by atoms with Gasteiger partial charge in [-0.2, -0.15) is 0 Å². The summed E-state index contributed by atoms with van der Waals surface area (Å²) in [5.41, 5.74) is 2.27. The molecular formula is C27H22N2O5S. The first kappa shape index (κ1) is 22.5. The van der Waals surface area contributed by atoms with E-state index < -0.39 is 15.9 Å². The maximum atomic E-state index is 12.8. The lowest BCUT2D eigenvalue weighted by atomic mass is 10.1. The van der Waals surface area contributed by atoms with Gasteiger partial charge in [-0.05, 0) is 54.6 Å². The molecule has 7 nitrogen and oxygen atoms in total. The number of nitrogens with one attached hydrogen (secondary N) is 1. The van der Waals surface area contributed by atoms with Crippen LogP contribution in [0.3, 0.4) is 0 Å². The standard InChI is InChI=1S/C27H22N2O5S/c1-35(31,32)29(20-12-14-22(15-13-20)33-21-7-3-2-4-8-21)18-27(30)28-19-11-16-24-23-9-5-6-10-25(23)34-26(24)17-19/h2-17H,18H2,1H3,(H,28,30). The Bertz CT molecular complexity index is 1610. The van der Waals surface area contributed by atoms with E-state index in [-0.39, 0.29) is 6.54 Å². The van der Waals surface area contributed by atoms with Gasteiger partial charge in [-0.1, -0.05) is 36.4 Å². The van der Waals surface area contributed by atoms with E-state index in [1.807, 2.05) is 60.7 Å². The molecule has 176 valence electrons. The smallest absolute Gasteiger partial charge is 0.245 e. The number of para-hydroxylation sites is 2. The van der Waals surface area contributed by atoms with Gasteiger partial charge in [-0.25, -0.2) is 8.42 Å². The highest BCUT2D eigenvalue weighted by atomic mass is 32.2. The van der Waals surface area contributed by atoms with Crippen molar-refractivity contribution in [3.05, 3.63) is 97.1 Å². The summed E-state index contributed by atoms with van der Waals surface area (Å²) < 4.78 is 37.6. The number of sulfonamides is 1. The van der Waals surface area contributed by atoms with Crippen LogP contribution in [0.25, 0.3) is 21.9 Å². The largest absolute Gasteiger partial charge is 0.457 e. The Kier molecular flexibility index (Phi) is 5.88. The maximum Gasteiger partial charge on any atom is 0.245 e. The van der Waals surface area contributed by atoms with E-state index in [0.29, 0.717) is 28.5 Å². The molecule has 0 bridgehead atoms. The summed E-state index contributed by atoms with van der Waals surface area (Å²) in [5.74, 6) is 0.744. The number of carbonyl (C=O) groups excluding carboxylic acids is 1. The van der Waals surface area contributed by atoms with Gasteiger partial charge in [0, 0.05) is 22.5 Å². The number of benzene rings is 4. The second kappa shape index (κ2) is 9.15. The van der Waals surface area contributed by atoms with Crippen molar-refractivity contribution in [1.82, 2.24) is 0 Å². The van der Waals surface area contributed by atoms with Gasteiger partial charge in [0.15, 0.2) is 0 Å². The van der Waals surface area contributed by atoms with Crippen LogP contribution in [0, 0.1) is 0 Å². The minimum atomic E-state index is -3.72. The first-order valence-corrected chi connectivity index (χ1v) is 12.7. The number of carbonyl (C=O) groups is 1. The molecule has 0 saturated heterocycles. The molecule has 35 heavy (non-hydrogen) atoms. The fourth-order valence-corrected chi connectivity index (χ4v) is 4.70. The fourth-order valence-electron chi connectivity index (χ4n) is 3.84. The monoisotopic (exact) mass is 486 g/mol. The van der Waals surface area contributed by atoms with Crippen molar-refractivity contribution in [1.29, 1.82) is 0 Å². The zero-order chi connectivity index (χ0) is 24.4. The van der Waals surface area contributed by atoms with Crippen LogP contribution in [0.15, 0.2) is 101 Å². The van der Waals surface area contributed by atoms with Crippen LogP contribution in [-0.2, 0) is 14.8 Å². The molecule has 4 aromatic carbocycles. The van der Waals surface area contributed by atoms with E-state index >= 15 is 0 Å². The second-order valence-corrected chi connectivity index (χ2v) is 9.94. The number of ether oxygens (including phenoxy) is 1. The number of hydrogen-bond acceptors (Lipinski definition) is 5. The molecule has 1 heterocycles. The minimum Gasteiger partial charge on any atom is -0.457 e. The Morgan fingerprint density at radius 1 is 0.829 bits per heavy atom. The Morgan fingerprint density at radius 2 is 1.49 bits per heavy atom. The third-order valence-electron chi connectivity index (χ3n) is 5.45. The van der Waals surface area contributed by atoms with Gasteiger partial charge >= 0.3 is 0 Å². The SMILES string of the molecule is CS(=O)(=O)N(CC(=O)Nc1ccc2c(c1)oc1ccccc12)c1ccc(Oc2ccccc2)cc1. The summed E-state index contributed by atoms with van der Waals surface area (Å²) in [4.78, 5) is 12.8. The Balaban J connectivity index is 1.32. The number of fused-ring (bicyclic) bond motifs is 3. The molecule has 0 aliphatic heterocycles. The number of hydrogen-bond donors (Lipinski definition) is 1. The van der Waals surface area contributed by atoms with Crippen LogP contribution in [0.2, 0.25) is 0 Å². The molecule has 1 N–H and O–H groups in total. The number of nitrogens with zero attached hydrogens (tertiary/aromatic N) is 1. The van der Waals surface area contributed by atoms with Crippen molar-refractivity contribution in [3.63, 3.8) is 0 Å². The molecule has 0 spiro atoms. The van der Waals surface area contributed by atoms with Crippen molar-refractivity contribution < 1.29 is 22.4 Å². The van der Waals surface area contributed by atoms with Crippen molar-refractivity contribution in [2.24, 2.45) is 0 Å². The summed E-state index contributed by atoms with van der Waals surface area (Å²) in [6.45, 7) is -0.379. The third-order valence-corrected chi connectivity index (χ3v) is 6.59. The van der Waals surface area contributed by atoms with E-state index in [9.17, 15) is 13.2 Å². The van der Waals surface area contributed by atoms with Gasteiger partial charge in [0.25, 0.3) is 0 Å². The first-order chi connectivity index (χ1) is 16.9. The van der Waals surface area contributed by atoms with Crippen molar-refractivity contribution in [3.8, 4) is 11.5 Å². The molecule has 1 aromatic heterocycles. The molecule has 0 aliphatic carbocycles. The average Bonchev–Trinajstić information content (AvgIpc) is 3.21. The molecule has 0 radical (unpaired) electrons. The molecule has 5 rings (SSSR count). The molecule has 5 aromatic rings. The van der Waals surface area contributed by atoms with Gasteiger partial charge in [0.2, 0.25) is 15.9 Å². The predicted octanol–water partition coefficient (Wildman–Crippen LogP) is 5.78. The topological polar surface area (TPSA) is 88.9 Å². The molecule has 0 fully saturated rings. The highest BCUT2D eigenvalue weighted by molar-refractivity contribution is 7.92. The van der Waals surface area contributed by atoms with Crippen molar-refractivity contribution in [2.45, 2.75) is 0 Å². The second-order valence-electron chi connectivity index (χ2n) is 8.04. The number of rotatable bonds is 7. The van der Waals surface area contributed by atoms with Crippen LogP contribution >= 0.6 is 0 Å². The van der Waals surface area contributed by atoms with Gasteiger partial charge in [0.05, 0.1) is 11.9 Å². The third kappa shape index (κ3) is 4.97. The Hall–Kier alpha value is -4.30. The van der Waals surface area contributed by atoms with Crippen LogP contribution < -0.4 is 14.4 Å². The Morgan fingerprint density at radius 3 is 2.23 bits per heavy atom. The summed E-state index contributed by atoms with van der Waals surface area (Å²) in [6, 6.07) is 28.8. The minimum absolute atomic E-state index is 0.357. The van der Waals surface area contributed by atoms with Crippen LogP contribution in [0.4, 0.5) is 11.4 Å². The highest BCUT2D eigenvalue weighted by Crippen LogP contribution is 2.30. The highest BCUT2D eigenvalue weighted by Gasteiger charge is 2.21. The summed E-state index contributed by atoms with van der Waals surface area (Å²) >= 11 is 0. The maximum absolute atomic E-state index is 12.8. The number of furan rings is 1. The van der Waals surface area contributed by atoms with Crippen LogP contribution in [0.1, 0.15) is 0 Å². The summed E-state index contributed by atoms with van der Waals surface area (Å²) in [5, 5.41) is 4.69. The lowest BCUT2D eigenvalue weighted by Gasteiger charge is -2.22. The molecule has 0 saturated carbocycles. The van der Waals surface area contributed by atoms with E-state index in [0.717, 1.165) is 26.9 Å². The summed E-state index contributed by atoms with van der Waals surface area (Å²) in [7, 11) is -3.72. The van der Waals surface area contributed by atoms with Gasteiger partial charge < -0.3 is 14.5 Å². The van der Waals surface area contributed by atoms with E-state index in [1.165, 1.54) is 0 Å². The average molecular weight is 487 g/mol. The van der Waals surface area contributed by atoms with Crippen molar-refractivity contribution in [2.75, 3.05) is 22.4 Å². The molecule has 0 atom stereocenters. The van der Waals surface area contributed by atoms with Gasteiger partial charge in [-0.15, -0.1) is 0 Å².